The third-order valence-electron chi connectivity index (χ3n) is 8.39. The van der Waals surface area contributed by atoms with E-state index in [1.165, 1.54) is 26.2 Å². The van der Waals surface area contributed by atoms with Crippen molar-refractivity contribution in [3.05, 3.63) is 40.4 Å². The number of hydrogen-bond donors (Lipinski definition) is 8. The van der Waals surface area contributed by atoms with Crippen LogP contribution in [0, 0.1) is 0 Å². The van der Waals surface area contributed by atoms with Gasteiger partial charge in [0.05, 0.1) is 12.1 Å². The minimum atomic E-state index is -5.03. The average Bonchev–Trinajstić information content (AvgIpc) is 3.53. The number of benzene rings is 1. The summed E-state index contributed by atoms with van der Waals surface area (Å²) in [6.45, 7) is 6.12. The van der Waals surface area contributed by atoms with Crippen molar-refractivity contribution in [3.63, 3.8) is 0 Å². The fourth-order valence-corrected chi connectivity index (χ4v) is 6.52. The molecule has 2 aromatic rings. The van der Waals surface area contributed by atoms with E-state index in [0.29, 0.717) is 49.4 Å². The van der Waals surface area contributed by atoms with Crippen LogP contribution in [0.2, 0.25) is 0 Å². The van der Waals surface area contributed by atoms with Crippen LogP contribution in [0.4, 0.5) is 5.13 Å². The lowest BCUT2D eigenvalue weighted by Crippen LogP contribution is -2.76. The standard InChI is InChI=1S/C28H37N9O10S2.CH2O2/c1-27(2)21(23(39)37(27)47-49(42,43)44)35-22(38)20(17-13-48-25(30)34-17)36-46-28(3,24(40)41)19-7-5-15-10-14(4-6-18(15)45-19)16-11-32-26(33-12-16)31-9-8-29;2-1-3/h4,6,10,13,16,19,21H,5,7-9,11-12,29H2,1-3H3,(H2,30,34)(H,35,38)(H,40,41)(H2,31,32,33)(H,42,43,44);1H,(H,2,3)/b36-20-;/t19-,21-,28+;/m1./s1. The molecule has 2 amide bonds. The fourth-order valence-electron chi connectivity index (χ4n) is 5.52. The van der Waals surface area contributed by atoms with Crippen LogP contribution >= 0.6 is 11.3 Å². The van der Waals surface area contributed by atoms with E-state index in [0.717, 1.165) is 22.5 Å². The maximum absolute atomic E-state index is 13.5. The number of nitrogens with two attached hydrogens (primary N) is 2. The lowest BCUT2D eigenvalue weighted by molar-refractivity contribution is -0.218. The highest BCUT2D eigenvalue weighted by Crippen LogP contribution is 2.36. The summed E-state index contributed by atoms with van der Waals surface area (Å²) in [5.74, 6) is -2.11. The van der Waals surface area contributed by atoms with Gasteiger partial charge in [-0.2, -0.15) is 13.5 Å². The first-order valence-electron chi connectivity index (χ1n) is 15.6. The second-order valence-corrected chi connectivity index (χ2v) is 14.2. The maximum Gasteiger partial charge on any atom is 0.418 e. The second-order valence-electron chi connectivity index (χ2n) is 12.3. The van der Waals surface area contributed by atoms with Gasteiger partial charge in [-0.3, -0.25) is 23.9 Å². The number of thiazole rings is 1. The summed E-state index contributed by atoms with van der Waals surface area (Å²) in [4.78, 5) is 61.3. The van der Waals surface area contributed by atoms with Crippen LogP contribution in [0.25, 0.3) is 0 Å². The Bertz CT molecular complexity index is 1850. The number of hydrogen-bond acceptors (Lipinski definition) is 17. The molecule has 52 heavy (non-hydrogen) atoms. The molecule has 4 atom stereocenters. The van der Waals surface area contributed by atoms with Gasteiger partial charge in [-0.25, -0.2) is 9.78 Å². The quantitative estimate of drug-likeness (QED) is 0.0414. The Balaban J connectivity index is 0.00000195. The van der Waals surface area contributed by atoms with E-state index >= 15 is 0 Å². The molecule has 284 valence electrons. The van der Waals surface area contributed by atoms with Crippen molar-refractivity contribution in [3.8, 4) is 5.75 Å². The Hall–Kier alpha value is -5.10. The Morgan fingerprint density at radius 3 is 2.62 bits per heavy atom. The van der Waals surface area contributed by atoms with Crippen molar-refractivity contribution in [2.75, 3.05) is 31.9 Å². The summed E-state index contributed by atoms with van der Waals surface area (Å²) in [7, 11) is -5.03. The lowest BCUT2D eigenvalue weighted by Gasteiger charge is -2.50. The summed E-state index contributed by atoms with van der Waals surface area (Å²) in [6, 6.07) is 4.36. The molecule has 1 aromatic carbocycles. The van der Waals surface area contributed by atoms with Crippen LogP contribution in [-0.2, 0) is 45.1 Å². The van der Waals surface area contributed by atoms with Crippen molar-refractivity contribution >= 4 is 62.8 Å². The normalized spacial score (nSPS) is 22.0. The largest absolute Gasteiger partial charge is 0.485 e. The second kappa shape index (κ2) is 16.1. The van der Waals surface area contributed by atoms with Crippen molar-refractivity contribution in [1.82, 2.24) is 26.0 Å². The molecule has 5 rings (SSSR count). The number of carboxylic acids is 1. The zero-order chi connectivity index (χ0) is 38.4. The average molecular weight is 770 g/mol. The van der Waals surface area contributed by atoms with E-state index in [1.54, 1.807) is 6.07 Å². The first kappa shape index (κ1) is 39.7. The number of aliphatic imine (C=N–C) groups is 1. The van der Waals surface area contributed by atoms with Gasteiger partial charge in [-0.1, -0.05) is 17.3 Å². The van der Waals surface area contributed by atoms with Gasteiger partial charge in [0.25, 0.3) is 23.9 Å². The summed E-state index contributed by atoms with van der Waals surface area (Å²) < 4.78 is 41.8. The van der Waals surface area contributed by atoms with E-state index in [4.69, 9.17) is 35.5 Å². The number of ether oxygens (including phenoxy) is 1. The number of hydroxylamine groups is 2. The fraction of sp³-hybridized carbons (Fsp3) is 0.483. The molecule has 1 fully saturated rings. The van der Waals surface area contributed by atoms with E-state index in [-0.39, 0.29) is 29.6 Å². The van der Waals surface area contributed by atoms with Crippen LogP contribution in [0.5, 0.6) is 5.75 Å². The lowest BCUT2D eigenvalue weighted by atomic mass is 9.84. The summed E-state index contributed by atoms with van der Waals surface area (Å²) in [5, 5.41) is 31.7. The van der Waals surface area contributed by atoms with Gasteiger partial charge in [0.2, 0.25) is 0 Å². The molecule has 1 saturated heterocycles. The number of guanidine groups is 1. The number of carboxylic acid groups (broad SMARTS) is 2. The van der Waals surface area contributed by atoms with Gasteiger partial charge in [0.15, 0.2) is 22.9 Å². The number of nitrogen functional groups attached to an aromatic ring is 1. The summed E-state index contributed by atoms with van der Waals surface area (Å²) in [6.07, 6.45) is -0.331. The molecule has 4 heterocycles. The molecule has 0 saturated carbocycles. The SMILES string of the molecule is CC1(C)[C@H](NC(=O)/C(=N\O[C@](C)(C(=O)O)[C@H]2CCc3cc(C4CN=C(NCCN)NC4)ccc3O2)c2csc(N)n2)C(=O)N1OS(=O)(=O)O.O=CO. The monoisotopic (exact) mass is 769 g/mol. The number of aryl methyl sites for hydroxylation is 1. The van der Waals surface area contributed by atoms with E-state index in [2.05, 4.69) is 35.4 Å². The molecule has 1 unspecified atom stereocenters. The number of nitrogens with zero attached hydrogens (tertiary/aromatic N) is 4. The number of nitrogens with one attached hydrogen (secondary N) is 3. The smallest absolute Gasteiger partial charge is 0.418 e. The van der Waals surface area contributed by atoms with Gasteiger partial charge in [-0.15, -0.1) is 15.6 Å². The Labute approximate surface area is 301 Å². The van der Waals surface area contributed by atoms with Crippen molar-refractivity contribution in [2.24, 2.45) is 15.9 Å². The zero-order valence-electron chi connectivity index (χ0n) is 28.1. The highest BCUT2D eigenvalue weighted by atomic mass is 32.3. The number of carbonyl (C=O) groups excluding carboxylic acids is 2. The van der Waals surface area contributed by atoms with Crippen molar-refractivity contribution in [1.29, 1.82) is 0 Å². The van der Waals surface area contributed by atoms with E-state index in [9.17, 15) is 27.9 Å². The van der Waals surface area contributed by atoms with Crippen LogP contribution < -0.4 is 32.2 Å². The van der Waals surface area contributed by atoms with E-state index < -0.39 is 57.2 Å². The number of fused-ring (bicyclic) bond motifs is 1. The number of aliphatic carboxylic acids is 1. The molecule has 0 spiro atoms. The Morgan fingerprint density at radius 2 is 2.06 bits per heavy atom. The molecule has 21 nitrogen and oxygen atoms in total. The Kier molecular flexibility index (Phi) is 12.3. The third kappa shape index (κ3) is 8.85. The van der Waals surface area contributed by atoms with Crippen LogP contribution in [-0.4, -0.2) is 119 Å². The number of rotatable bonds is 12. The van der Waals surface area contributed by atoms with Gasteiger partial charge in [-0.05, 0) is 50.8 Å². The molecule has 3 aliphatic rings. The van der Waals surface area contributed by atoms with Gasteiger partial charge in [0, 0.05) is 30.9 Å². The summed E-state index contributed by atoms with van der Waals surface area (Å²) in [5.41, 5.74) is 9.13. The predicted octanol–water partition coefficient (Wildman–Crippen LogP) is -1.18. The molecule has 3 aliphatic heterocycles. The molecule has 0 bridgehead atoms. The number of anilines is 1. The molecule has 10 N–H and O–H groups in total. The number of carbonyl (C=O) groups is 4. The minimum Gasteiger partial charge on any atom is -0.485 e. The van der Waals surface area contributed by atoms with Crippen molar-refractivity contribution < 1.29 is 56.2 Å². The van der Waals surface area contributed by atoms with Crippen LogP contribution in [0.15, 0.2) is 33.7 Å². The first-order chi connectivity index (χ1) is 24.4. The number of β-lactam (4-membered cyclic amide) rings is 1. The minimum absolute atomic E-state index is 0.0652. The highest BCUT2D eigenvalue weighted by Gasteiger charge is 2.58. The topological polar surface area (TPSA) is 320 Å². The molecule has 23 heteroatoms. The zero-order valence-corrected chi connectivity index (χ0v) is 29.8. The molecule has 0 radical (unpaired) electrons. The van der Waals surface area contributed by atoms with Crippen molar-refractivity contribution in [2.45, 2.75) is 62.8 Å². The molecular weight excluding hydrogens is 731 g/mol. The summed E-state index contributed by atoms with van der Waals surface area (Å²) >= 11 is 0.971. The highest BCUT2D eigenvalue weighted by molar-refractivity contribution is 7.80. The maximum atomic E-state index is 13.5. The van der Waals surface area contributed by atoms with Gasteiger partial charge >= 0.3 is 16.4 Å². The number of oxime groups is 1. The first-order valence-corrected chi connectivity index (χ1v) is 17.8. The number of aromatic nitrogens is 1. The number of amides is 2. The predicted molar refractivity (Wildman–Crippen MR) is 184 cm³/mol. The van der Waals surface area contributed by atoms with Gasteiger partial charge in [0.1, 0.15) is 17.5 Å². The van der Waals surface area contributed by atoms with Crippen LogP contribution in [0.1, 0.15) is 49.9 Å². The van der Waals surface area contributed by atoms with Gasteiger partial charge < -0.3 is 47.2 Å². The molecule has 1 aromatic heterocycles. The van der Waals surface area contributed by atoms with E-state index in [1.807, 2.05) is 12.1 Å². The molecular formula is C29H39N9O12S2. The molecule has 0 aliphatic carbocycles. The third-order valence-corrected chi connectivity index (χ3v) is 9.40. The van der Waals surface area contributed by atoms with Crippen LogP contribution in [0.3, 0.4) is 0 Å². The Morgan fingerprint density at radius 1 is 1.35 bits per heavy atom.